The first-order valence-electron chi connectivity index (χ1n) is 7.31. The van der Waals surface area contributed by atoms with E-state index in [9.17, 15) is 4.79 Å². The van der Waals surface area contributed by atoms with Crippen LogP contribution in [0.1, 0.15) is 41.4 Å². The molecule has 110 valence electrons. The summed E-state index contributed by atoms with van der Waals surface area (Å²) in [5.74, 6) is -0.00574. The number of rotatable bonds is 5. The topological polar surface area (TPSA) is 68.0 Å². The molecule has 1 unspecified atom stereocenters. The molecule has 1 aromatic heterocycles. The molecular weight excluding hydrogens is 282 g/mol. The van der Waals surface area contributed by atoms with Crippen LogP contribution in [0.25, 0.3) is 0 Å². The maximum absolute atomic E-state index is 12.0. The molecule has 1 aliphatic carbocycles. The number of fused-ring (bicyclic) bond motifs is 1. The van der Waals surface area contributed by atoms with Gasteiger partial charge in [0.1, 0.15) is 0 Å². The van der Waals surface area contributed by atoms with Gasteiger partial charge >= 0.3 is 0 Å². The summed E-state index contributed by atoms with van der Waals surface area (Å²) in [5, 5.41) is 3.63. The number of carbonyl (C=O) groups is 1. The van der Waals surface area contributed by atoms with E-state index in [4.69, 9.17) is 5.73 Å². The first-order chi connectivity index (χ1) is 10.2. The van der Waals surface area contributed by atoms with Crippen LogP contribution in [0.5, 0.6) is 0 Å². The summed E-state index contributed by atoms with van der Waals surface area (Å²) in [5.41, 5.74) is 8.33. The third-order valence-corrected chi connectivity index (χ3v) is 4.82. The van der Waals surface area contributed by atoms with Crippen molar-refractivity contribution in [2.45, 2.75) is 38.1 Å². The number of nitrogens with two attached hydrogens (primary N) is 1. The fourth-order valence-corrected chi connectivity index (χ4v) is 3.65. The van der Waals surface area contributed by atoms with Crippen LogP contribution in [0, 0.1) is 0 Å². The second-order valence-corrected chi connectivity index (χ2v) is 6.43. The van der Waals surface area contributed by atoms with Crippen molar-refractivity contribution < 1.29 is 4.79 Å². The third kappa shape index (κ3) is 3.49. The number of aromatic nitrogens is 1. The Balaban J connectivity index is 1.50. The van der Waals surface area contributed by atoms with Crippen molar-refractivity contribution in [1.82, 2.24) is 4.98 Å². The Hall–Kier alpha value is -1.72. The SMILES string of the molecule is NC(CCC(=O)Nc1nc2c(s1)CCC2)c1ccccc1. The van der Waals surface area contributed by atoms with E-state index in [1.54, 1.807) is 11.3 Å². The molecule has 0 saturated heterocycles. The molecule has 21 heavy (non-hydrogen) atoms. The van der Waals surface area contributed by atoms with Crippen LogP contribution < -0.4 is 11.1 Å². The largest absolute Gasteiger partial charge is 0.324 e. The summed E-state index contributed by atoms with van der Waals surface area (Å²) in [7, 11) is 0. The van der Waals surface area contributed by atoms with Crippen molar-refractivity contribution in [2.24, 2.45) is 5.73 Å². The number of hydrogen-bond donors (Lipinski definition) is 2. The summed E-state index contributed by atoms with van der Waals surface area (Å²) in [6.07, 6.45) is 4.39. The van der Waals surface area contributed by atoms with Gasteiger partial charge in [0.25, 0.3) is 0 Å². The Labute approximate surface area is 128 Å². The van der Waals surface area contributed by atoms with Crippen molar-refractivity contribution >= 4 is 22.4 Å². The van der Waals surface area contributed by atoms with Gasteiger partial charge in [-0.3, -0.25) is 4.79 Å². The van der Waals surface area contributed by atoms with Gasteiger partial charge in [0.15, 0.2) is 5.13 Å². The molecule has 1 aromatic carbocycles. The summed E-state index contributed by atoms with van der Waals surface area (Å²) in [6.45, 7) is 0. The summed E-state index contributed by atoms with van der Waals surface area (Å²) < 4.78 is 0. The van der Waals surface area contributed by atoms with Gasteiger partial charge in [0.05, 0.1) is 5.69 Å². The highest BCUT2D eigenvalue weighted by atomic mass is 32.1. The molecular formula is C16H19N3OS. The highest BCUT2D eigenvalue weighted by Crippen LogP contribution is 2.30. The zero-order chi connectivity index (χ0) is 14.7. The van der Waals surface area contributed by atoms with Crippen molar-refractivity contribution in [3.63, 3.8) is 0 Å². The van der Waals surface area contributed by atoms with Crippen LogP contribution in [0.2, 0.25) is 0 Å². The number of nitrogens with one attached hydrogen (secondary N) is 1. The molecule has 5 heteroatoms. The molecule has 1 atom stereocenters. The minimum atomic E-state index is -0.0988. The van der Waals surface area contributed by atoms with Crippen molar-refractivity contribution in [2.75, 3.05) is 5.32 Å². The van der Waals surface area contributed by atoms with E-state index in [1.165, 1.54) is 11.3 Å². The van der Waals surface area contributed by atoms with Crippen molar-refractivity contribution in [1.29, 1.82) is 0 Å². The molecule has 3 N–H and O–H groups in total. The van der Waals surface area contributed by atoms with Crippen LogP contribution in [0.4, 0.5) is 5.13 Å². The highest BCUT2D eigenvalue weighted by Gasteiger charge is 2.18. The van der Waals surface area contributed by atoms with E-state index in [0.717, 1.165) is 29.2 Å². The van der Waals surface area contributed by atoms with Crippen molar-refractivity contribution in [3.8, 4) is 0 Å². The molecule has 0 fully saturated rings. The Bertz CT molecular complexity index is 602. The molecule has 0 radical (unpaired) electrons. The number of anilines is 1. The van der Waals surface area contributed by atoms with Crippen LogP contribution in [-0.4, -0.2) is 10.9 Å². The molecule has 0 spiro atoms. The smallest absolute Gasteiger partial charge is 0.226 e. The third-order valence-electron chi connectivity index (χ3n) is 3.75. The number of amides is 1. The predicted octanol–water partition coefficient (Wildman–Crippen LogP) is 3.05. The Kier molecular flexibility index (Phi) is 4.31. The van der Waals surface area contributed by atoms with Gasteiger partial charge in [0, 0.05) is 17.3 Å². The van der Waals surface area contributed by atoms with Gasteiger partial charge in [-0.15, -0.1) is 11.3 Å². The molecule has 4 nitrogen and oxygen atoms in total. The molecule has 3 rings (SSSR count). The van der Waals surface area contributed by atoms with Crippen molar-refractivity contribution in [3.05, 3.63) is 46.5 Å². The van der Waals surface area contributed by atoms with Gasteiger partial charge in [-0.1, -0.05) is 30.3 Å². The fraction of sp³-hybridized carbons (Fsp3) is 0.375. The zero-order valence-electron chi connectivity index (χ0n) is 11.8. The van der Waals surface area contributed by atoms with E-state index in [2.05, 4.69) is 10.3 Å². The molecule has 1 aliphatic rings. The monoisotopic (exact) mass is 301 g/mol. The van der Waals surface area contributed by atoms with E-state index in [0.29, 0.717) is 12.8 Å². The number of benzene rings is 1. The Morgan fingerprint density at radius 2 is 2.14 bits per heavy atom. The lowest BCUT2D eigenvalue weighted by Gasteiger charge is -2.11. The minimum Gasteiger partial charge on any atom is -0.324 e. The Morgan fingerprint density at radius 3 is 2.90 bits per heavy atom. The fourth-order valence-electron chi connectivity index (χ4n) is 2.58. The van der Waals surface area contributed by atoms with E-state index >= 15 is 0 Å². The molecule has 0 aliphatic heterocycles. The van der Waals surface area contributed by atoms with Crippen LogP contribution in [0.15, 0.2) is 30.3 Å². The van der Waals surface area contributed by atoms with Crippen LogP contribution in [-0.2, 0) is 17.6 Å². The second-order valence-electron chi connectivity index (χ2n) is 5.35. The second kappa shape index (κ2) is 6.37. The van der Waals surface area contributed by atoms with Gasteiger partial charge in [-0.25, -0.2) is 4.98 Å². The summed E-state index contributed by atoms with van der Waals surface area (Å²) in [4.78, 5) is 17.8. The summed E-state index contributed by atoms with van der Waals surface area (Å²) >= 11 is 1.61. The number of thiazole rings is 1. The summed E-state index contributed by atoms with van der Waals surface area (Å²) in [6, 6.07) is 9.78. The van der Waals surface area contributed by atoms with Gasteiger partial charge < -0.3 is 11.1 Å². The standard InChI is InChI=1S/C16H19N3OS/c17-12(11-5-2-1-3-6-11)9-10-15(20)19-16-18-13-7-4-8-14(13)21-16/h1-3,5-6,12H,4,7-10,17H2,(H,18,19,20). The van der Waals surface area contributed by atoms with E-state index < -0.39 is 0 Å². The Morgan fingerprint density at radius 1 is 1.33 bits per heavy atom. The van der Waals surface area contributed by atoms with E-state index in [-0.39, 0.29) is 11.9 Å². The number of aryl methyl sites for hydroxylation is 2. The maximum Gasteiger partial charge on any atom is 0.226 e. The molecule has 2 aromatic rings. The highest BCUT2D eigenvalue weighted by molar-refractivity contribution is 7.15. The molecule has 0 saturated carbocycles. The number of nitrogens with zero attached hydrogens (tertiary/aromatic N) is 1. The quantitative estimate of drug-likeness (QED) is 0.892. The average molecular weight is 301 g/mol. The maximum atomic E-state index is 12.0. The van der Waals surface area contributed by atoms with Crippen LogP contribution in [0.3, 0.4) is 0 Å². The molecule has 1 amide bonds. The normalized spacial score (nSPS) is 14.7. The van der Waals surface area contributed by atoms with Gasteiger partial charge in [0.2, 0.25) is 5.91 Å². The van der Waals surface area contributed by atoms with Gasteiger partial charge in [-0.05, 0) is 31.2 Å². The first kappa shape index (κ1) is 14.2. The first-order valence-corrected chi connectivity index (χ1v) is 8.13. The number of hydrogen-bond acceptors (Lipinski definition) is 4. The zero-order valence-corrected chi connectivity index (χ0v) is 12.7. The minimum absolute atomic E-state index is 0.00574. The lowest BCUT2D eigenvalue weighted by atomic mass is 10.0. The lowest BCUT2D eigenvalue weighted by molar-refractivity contribution is -0.116. The average Bonchev–Trinajstić information content (AvgIpc) is 3.07. The van der Waals surface area contributed by atoms with Gasteiger partial charge in [-0.2, -0.15) is 0 Å². The lowest BCUT2D eigenvalue weighted by Crippen LogP contribution is -2.16. The molecule has 0 bridgehead atoms. The van der Waals surface area contributed by atoms with Crippen LogP contribution >= 0.6 is 11.3 Å². The number of carbonyl (C=O) groups excluding carboxylic acids is 1. The molecule has 1 heterocycles. The van der Waals surface area contributed by atoms with E-state index in [1.807, 2.05) is 30.3 Å². The predicted molar refractivity (Wildman–Crippen MR) is 85.4 cm³/mol.